The Labute approximate surface area is 132 Å². The highest BCUT2D eigenvalue weighted by Gasteiger charge is 2.14. The standard InChI is InChI=1S/C17H14FN3O2/c1-20(14-7-3-2-4-8-14)17(22)23-21-12-13(11-19-21)15-9-5-6-10-16(15)18/h2-12H,1H3. The summed E-state index contributed by atoms with van der Waals surface area (Å²) in [5.74, 6) is -0.361. The first-order valence-electron chi connectivity index (χ1n) is 6.96. The molecule has 23 heavy (non-hydrogen) atoms. The molecule has 0 bridgehead atoms. The number of benzene rings is 2. The molecule has 6 heteroatoms. The van der Waals surface area contributed by atoms with Gasteiger partial charge in [0.2, 0.25) is 0 Å². The second-order valence-electron chi connectivity index (χ2n) is 4.86. The molecule has 0 saturated heterocycles. The van der Waals surface area contributed by atoms with Crippen molar-refractivity contribution in [3.8, 4) is 11.1 Å². The summed E-state index contributed by atoms with van der Waals surface area (Å²) in [5.41, 5.74) is 1.61. The molecule has 0 fully saturated rings. The van der Waals surface area contributed by atoms with E-state index in [4.69, 9.17) is 4.84 Å². The number of para-hydroxylation sites is 1. The SMILES string of the molecule is CN(C(=O)On1cc(-c2ccccc2F)cn1)c1ccccc1. The monoisotopic (exact) mass is 311 g/mol. The first kappa shape index (κ1) is 14.8. The lowest BCUT2D eigenvalue weighted by Crippen LogP contribution is -2.34. The normalized spacial score (nSPS) is 10.3. The maximum Gasteiger partial charge on any atom is 0.440 e. The lowest BCUT2D eigenvalue weighted by atomic mass is 10.1. The summed E-state index contributed by atoms with van der Waals surface area (Å²) in [6.45, 7) is 0. The second kappa shape index (κ2) is 6.31. The van der Waals surface area contributed by atoms with Gasteiger partial charge in [-0.2, -0.15) is 0 Å². The van der Waals surface area contributed by atoms with Crippen LogP contribution in [0.2, 0.25) is 0 Å². The van der Waals surface area contributed by atoms with Gasteiger partial charge in [0.1, 0.15) is 5.82 Å². The van der Waals surface area contributed by atoms with Gasteiger partial charge in [0, 0.05) is 23.9 Å². The molecule has 0 atom stereocenters. The van der Waals surface area contributed by atoms with Gasteiger partial charge in [-0.1, -0.05) is 41.2 Å². The summed E-state index contributed by atoms with van der Waals surface area (Å²) in [6, 6.07) is 15.4. The van der Waals surface area contributed by atoms with Crippen LogP contribution in [0.5, 0.6) is 0 Å². The van der Waals surface area contributed by atoms with Crippen molar-refractivity contribution < 1.29 is 14.0 Å². The number of anilines is 1. The van der Waals surface area contributed by atoms with E-state index in [0.717, 1.165) is 4.85 Å². The van der Waals surface area contributed by atoms with Gasteiger partial charge in [0.15, 0.2) is 0 Å². The highest BCUT2D eigenvalue weighted by molar-refractivity contribution is 5.87. The average molecular weight is 311 g/mol. The van der Waals surface area contributed by atoms with Crippen molar-refractivity contribution in [2.24, 2.45) is 0 Å². The van der Waals surface area contributed by atoms with Crippen molar-refractivity contribution in [2.75, 3.05) is 11.9 Å². The molecule has 3 aromatic rings. The number of aromatic nitrogens is 2. The van der Waals surface area contributed by atoms with Crippen LogP contribution in [0.1, 0.15) is 0 Å². The lowest BCUT2D eigenvalue weighted by Gasteiger charge is -2.15. The molecule has 0 radical (unpaired) electrons. The van der Waals surface area contributed by atoms with Gasteiger partial charge >= 0.3 is 6.09 Å². The van der Waals surface area contributed by atoms with E-state index < -0.39 is 6.09 Å². The third-order valence-corrected chi connectivity index (χ3v) is 3.33. The van der Waals surface area contributed by atoms with Crippen LogP contribution in [0.3, 0.4) is 0 Å². The van der Waals surface area contributed by atoms with Gasteiger partial charge in [0.05, 0.1) is 12.4 Å². The fourth-order valence-electron chi connectivity index (χ4n) is 2.09. The highest BCUT2D eigenvalue weighted by Crippen LogP contribution is 2.21. The summed E-state index contributed by atoms with van der Waals surface area (Å²) >= 11 is 0. The van der Waals surface area contributed by atoms with Crippen LogP contribution in [0.4, 0.5) is 14.9 Å². The minimum absolute atomic E-state index is 0.361. The van der Waals surface area contributed by atoms with Crippen LogP contribution in [-0.2, 0) is 0 Å². The summed E-state index contributed by atoms with van der Waals surface area (Å²) in [5, 5.41) is 3.93. The Morgan fingerprint density at radius 1 is 1.13 bits per heavy atom. The maximum atomic E-state index is 13.7. The van der Waals surface area contributed by atoms with Crippen LogP contribution < -0.4 is 9.74 Å². The van der Waals surface area contributed by atoms with Crippen LogP contribution in [-0.4, -0.2) is 23.1 Å². The summed E-state index contributed by atoms with van der Waals surface area (Å²) < 4.78 is 13.7. The fourth-order valence-corrected chi connectivity index (χ4v) is 2.09. The third-order valence-electron chi connectivity index (χ3n) is 3.33. The van der Waals surface area contributed by atoms with Crippen LogP contribution >= 0.6 is 0 Å². The van der Waals surface area contributed by atoms with Crippen molar-refractivity contribution in [3.05, 3.63) is 72.8 Å². The van der Waals surface area contributed by atoms with Crippen LogP contribution in [0.25, 0.3) is 11.1 Å². The Morgan fingerprint density at radius 2 is 1.83 bits per heavy atom. The quantitative estimate of drug-likeness (QED) is 0.745. The van der Waals surface area contributed by atoms with E-state index in [1.54, 1.807) is 37.4 Å². The Bertz CT molecular complexity index is 817. The van der Waals surface area contributed by atoms with Gasteiger partial charge < -0.3 is 0 Å². The minimum atomic E-state index is -0.598. The van der Waals surface area contributed by atoms with Crippen LogP contribution in [0.15, 0.2) is 67.0 Å². The zero-order valence-corrected chi connectivity index (χ0v) is 12.4. The molecule has 0 aliphatic rings. The maximum absolute atomic E-state index is 13.7. The summed E-state index contributed by atoms with van der Waals surface area (Å²) in [4.78, 5) is 19.6. The number of hydrogen-bond donors (Lipinski definition) is 0. The number of hydrogen-bond acceptors (Lipinski definition) is 3. The summed E-state index contributed by atoms with van der Waals surface area (Å²) in [6.07, 6.45) is 2.29. The molecule has 0 saturated carbocycles. The van der Waals surface area contributed by atoms with Gasteiger partial charge in [-0.15, -0.1) is 5.10 Å². The third kappa shape index (κ3) is 3.21. The Morgan fingerprint density at radius 3 is 2.57 bits per heavy atom. The molecular formula is C17H14FN3O2. The molecule has 0 aliphatic carbocycles. The average Bonchev–Trinajstić information content (AvgIpc) is 3.03. The van der Waals surface area contributed by atoms with E-state index in [0.29, 0.717) is 16.8 Å². The fraction of sp³-hybridized carbons (Fsp3) is 0.0588. The number of rotatable bonds is 3. The Balaban J connectivity index is 1.74. The second-order valence-corrected chi connectivity index (χ2v) is 4.86. The van der Waals surface area contributed by atoms with Crippen molar-refractivity contribution in [2.45, 2.75) is 0 Å². The molecule has 5 nitrogen and oxygen atoms in total. The van der Waals surface area contributed by atoms with Gasteiger partial charge in [-0.05, 0) is 18.2 Å². The highest BCUT2D eigenvalue weighted by atomic mass is 19.1. The minimum Gasteiger partial charge on any atom is -0.299 e. The van der Waals surface area contributed by atoms with Gasteiger partial charge in [-0.25, -0.2) is 9.18 Å². The van der Waals surface area contributed by atoms with Crippen molar-refractivity contribution in [3.63, 3.8) is 0 Å². The van der Waals surface area contributed by atoms with Gasteiger partial charge in [-0.3, -0.25) is 9.74 Å². The van der Waals surface area contributed by atoms with E-state index in [9.17, 15) is 9.18 Å². The predicted molar refractivity (Wildman–Crippen MR) is 84.4 cm³/mol. The first-order chi connectivity index (χ1) is 11.1. The molecule has 0 unspecified atom stereocenters. The molecule has 0 aliphatic heterocycles. The largest absolute Gasteiger partial charge is 0.440 e. The van der Waals surface area contributed by atoms with E-state index in [1.165, 1.54) is 23.4 Å². The molecule has 3 rings (SSSR count). The first-order valence-corrected chi connectivity index (χ1v) is 6.96. The number of amides is 1. The lowest BCUT2D eigenvalue weighted by molar-refractivity contribution is 0.124. The number of carbonyl (C=O) groups is 1. The number of halogens is 1. The van der Waals surface area contributed by atoms with E-state index in [1.807, 2.05) is 18.2 Å². The van der Waals surface area contributed by atoms with E-state index in [2.05, 4.69) is 5.10 Å². The zero-order valence-electron chi connectivity index (χ0n) is 12.4. The molecule has 1 amide bonds. The Hall–Kier alpha value is -3.15. The summed E-state index contributed by atoms with van der Waals surface area (Å²) in [7, 11) is 1.60. The molecule has 116 valence electrons. The molecule has 0 spiro atoms. The molecule has 0 N–H and O–H groups in total. The van der Waals surface area contributed by atoms with Crippen LogP contribution in [0, 0.1) is 5.82 Å². The topological polar surface area (TPSA) is 47.4 Å². The van der Waals surface area contributed by atoms with E-state index >= 15 is 0 Å². The van der Waals surface area contributed by atoms with Crippen molar-refractivity contribution in [1.82, 2.24) is 9.94 Å². The molecule has 1 heterocycles. The van der Waals surface area contributed by atoms with Crippen molar-refractivity contribution in [1.29, 1.82) is 0 Å². The molecule has 1 aromatic heterocycles. The van der Waals surface area contributed by atoms with Gasteiger partial charge in [0.25, 0.3) is 0 Å². The smallest absolute Gasteiger partial charge is 0.299 e. The number of carbonyl (C=O) groups excluding carboxylic acids is 1. The molecule has 2 aromatic carbocycles. The zero-order chi connectivity index (χ0) is 16.2. The van der Waals surface area contributed by atoms with E-state index in [-0.39, 0.29) is 5.82 Å². The Kier molecular flexibility index (Phi) is 4.05. The predicted octanol–water partition coefficient (Wildman–Crippen LogP) is 3.37. The van der Waals surface area contributed by atoms with Crippen molar-refractivity contribution >= 4 is 11.8 Å². The molecular weight excluding hydrogens is 297 g/mol. The number of nitrogens with zero attached hydrogens (tertiary/aromatic N) is 3.